The second-order valence-corrected chi connectivity index (χ2v) is 7.15. The van der Waals surface area contributed by atoms with Gasteiger partial charge in [-0.05, 0) is 35.9 Å². The molecule has 0 fully saturated rings. The molecule has 0 aliphatic rings. The third-order valence-corrected chi connectivity index (χ3v) is 4.77. The summed E-state index contributed by atoms with van der Waals surface area (Å²) in [6.45, 7) is 0. The van der Waals surface area contributed by atoms with E-state index in [1.165, 1.54) is 13.5 Å². The number of methoxy groups -OCH3 is 1. The Morgan fingerprint density at radius 2 is 1.61 bits per heavy atom. The highest BCUT2D eigenvalue weighted by Crippen LogP contribution is 2.32. The molecule has 166 valence electrons. The normalized spacial score (nSPS) is 10.3. The van der Waals surface area contributed by atoms with E-state index in [0.717, 1.165) is 11.1 Å². The fourth-order valence-electron chi connectivity index (χ4n) is 3.28. The minimum Gasteiger partial charge on any atom is -0.496 e. The maximum atomic E-state index is 12.5. The second kappa shape index (κ2) is 10.1. The predicted molar refractivity (Wildman–Crippen MR) is 126 cm³/mol. The van der Waals surface area contributed by atoms with Crippen LogP contribution in [-0.2, 0) is 11.2 Å². The van der Waals surface area contributed by atoms with Gasteiger partial charge in [-0.3, -0.25) is 4.79 Å². The molecule has 4 aromatic rings. The van der Waals surface area contributed by atoms with Crippen LogP contribution in [0.15, 0.2) is 89.8 Å². The summed E-state index contributed by atoms with van der Waals surface area (Å²) in [5, 5.41) is 8.38. The molecule has 33 heavy (non-hydrogen) atoms. The average molecular weight is 442 g/mol. The molecule has 3 N–H and O–H groups in total. The highest BCUT2D eigenvalue weighted by atomic mass is 16.5. The Kier molecular flexibility index (Phi) is 6.65. The summed E-state index contributed by atoms with van der Waals surface area (Å²) in [4.78, 5) is 28.7. The molecular weight excluding hydrogens is 420 g/mol. The number of aromatic nitrogens is 1. The van der Waals surface area contributed by atoms with Crippen LogP contribution < -0.4 is 20.7 Å². The van der Waals surface area contributed by atoms with Gasteiger partial charge in [-0.1, -0.05) is 36.4 Å². The zero-order valence-electron chi connectivity index (χ0n) is 17.9. The number of benzene rings is 3. The first-order valence-corrected chi connectivity index (χ1v) is 10.2. The number of amides is 3. The van der Waals surface area contributed by atoms with E-state index in [1.54, 1.807) is 48.7 Å². The number of nitrogens with zero attached hydrogens (tertiary/aromatic N) is 1. The summed E-state index contributed by atoms with van der Waals surface area (Å²) < 4.78 is 10.7. The van der Waals surface area contributed by atoms with Crippen molar-refractivity contribution in [1.29, 1.82) is 0 Å². The number of nitrogens with one attached hydrogen (secondary N) is 3. The van der Waals surface area contributed by atoms with Gasteiger partial charge in [-0.15, -0.1) is 0 Å². The van der Waals surface area contributed by atoms with E-state index >= 15 is 0 Å². The summed E-state index contributed by atoms with van der Waals surface area (Å²) in [5.41, 5.74) is 3.32. The maximum Gasteiger partial charge on any atom is 0.323 e. The van der Waals surface area contributed by atoms with Gasteiger partial charge >= 0.3 is 6.03 Å². The van der Waals surface area contributed by atoms with Crippen LogP contribution >= 0.6 is 0 Å². The molecule has 0 unspecified atom stereocenters. The van der Waals surface area contributed by atoms with Crippen molar-refractivity contribution in [3.05, 3.63) is 91.0 Å². The summed E-state index contributed by atoms with van der Waals surface area (Å²) >= 11 is 0. The maximum absolute atomic E-state index is 12.5. The Morgan fingerprint density at radius 1 is 0.879 bits per heavy atom. The molecule has 3 aromatic carbocycles. The van der Waals surface area contributed by atoms with Crippen LogP contribution in [0.3, 0.4) is 0 Å². The van der Waals surface area contributed by atoms with Crippen LogP contribution in [0.1, 0.15) is 5.56 Å². The molecule has 0 aliphatic carbocycles. The van der Waals surface area contributed by atoms with Crippen LogP contribution in [0.5, 0.6) is 5.75 Å². The molecule has 0 saturated carbocycles. The number of carbonyl (C=O) groups excluding carboxylic acids is 2. The standard InChI is InChI=1S/C25H22N4O4/c1-32-22-14-20(10-11-21(22)23-15-26-16-33-23)29-25(31)28-19-9-5-8-18(13-19)27-24(30)12-17-6-3-2-4-7-17/h2-11,13-16H,12H2,1H3,(H,27,30)(H2,28,29,31). The lowest BCUT2D eigenvalue weighted by atomic mass is 10.1. The Bertz CT molecular complexity index is 1240. The molecule has 0 aliphatic heterocycles. The van der Waals surface area contributed by atoms with Crippen molar-refractivity contribution < 1.29 is 18.7 Å². The largest absolute Gasteiger partial charge is 0.496 e. The van der Waals surface area contributed by atoms with E-state index in [9.17, 15) is 9.59 Å². The lowest BCUT2D eigenvalue weighted by Gasteiger charge is -2.12. The minimum absolute atomic E-state index is 0.137. The molecule has 8 heteroatoms. The third kappa shape index (κ3) is 5.76. The van der Waals surface area contributed by atoms with Gasteiger partial charge in [-0.25, -0.2) is 9.78 Å². The Morgan fingerprint density at radius 3 is 2.30 bits per heavy atom. The molecule has 0 spiro atoms. The minimum atomic E-state index is -0.433. The number of rotatable bonds is 7. The van der Waals surface area contributed by atoms with Crippen molar-refractivity contribution in [2.45, 2.75) is 6.42 Å². The molecule has 3 amide bonds. The summed E-state index contributed by atoms with van der Waals surface area (Å²) in [7, 11) is 1.54. The lowest BCUT2D eigenvalue weighted by molar-refractivity contribution is -0.115. The molecule has 4 rings (SSSR count). The molecule has 0 atom stereocenters. The van der Waals surface area contributed by atoms with Crippen molar-refractivity contribution in [3.8, 4) is 17.1 Å². The van der Waals surface area contributed by atoms with Crippen molar-refractivity contribution in [1.82, 2.24) is 4.98 Å². The number of anilines is 3. The number of urea groups is 1. The first-order chi connectivity index (χ1) is 16.1. The topological polar surface area (TPSA) is 105 Å². The first kappa shape index (κ1) is 21.6. The van der Waals surface area contributed by atoms with Gasteiger partial charge in [0, 0.05) is 23.1 Å². The number of carbonyl (C=O) groups is 2. The average Bonchev–Trinajstić information content (AvgIpc) is 3.34. The fourth-order valence-corrected chi connectivity index (χ4v) is 3.28. The van der Waals surface area contributed by atoms with Crippen LogP contribution in [-0.4, -0.2) is 24.0 Å². The van der Waals surface area contributed by atoms with Gasteiger partial charge in [0.25, 0.3) is 0 Å². The summed E-state index contributed by atoms with van der Waals surface area (Å²) in [6, 6.07) is 21.2. The van der Waals surface area contributed by atoms with Crippen molar-refractivity contribution in [2.75, 3.05) is 23.1 Å². The highest BCUT2D eigenvalue weighted by Gasteiger charge is 2.12. The van der Waals surface area contributed by atoms with Gasteiger partial charge in [0.2, 0.25) is 5.91 Å². The first-order valence-electron chi connectivity index (χ1n) is 10.2. The van der Waals surface area contributed by atoms with E-state index < -0.39 is 6.03 Å². The smallest absolute Gasteiger partial charge is 0.323 e. The summed E-state index contributed by atoms with van der Waals surface area (Å²) in [5.74, 6) is 0.961. The molecule has 8 nitrogen and oxygen atoms in total. The lowest BCUT2D eigenvalue weighted by Crippen LogP contribution is -2.20. The molecule has 1 heterocycles. The van der Waals surface area contributed by atoms with Crippen LogP contribution in [0, 0.1) is 0 Å². The van der Waals surface area contributed by atoms with Crippen molar-refractivity contribution in [3.63, 3.8) is 0 Å². The zero-order chi connectivity index (χ0) is 23.0. The molecule has 0 radical (unpaired) electrons. The van der Waals surface area contributed by atoms with E-state index in [4.69, 9.17) is 9.15 Å². The van der Waals surface area contributed by atoms with Gasteiger partial charge < -0.3 is 25.1 Å². The highest BCUT2D eigenvalue weighted by molar-refractivity contribution is 6.01. The van der Waals surface area contributed by atoms with Gasteiger partial charge in [0.05, 0.1) is 25.3 Å². The van der Waals surface area contributed by atoms with Gasteiger partial charge in [-0.2, -0.15) is 0 Å². The Hall–Kier alpha value is -4.59. The van der Waals surface area contributed by atoms with Crippen LogP contribution in [0.2, 0.25) is 0 Å². The molecule has 0 saturated heterocycles. The summed E-state index contributed by atoms with van der Waals surface area (Å²) in [6.07, 6.45) is 3.20. The Balaban J connectivity index is 1.37. The van der Waals surface area contributed by atoms with E-state index in [0.29, 0.717) is 28.6 Å². The quantitative estimate of drug-likeness (QED) is 0.366. The third-order valence-electron chi connectivity index (χ3n) is 4.77. The van der Waals surface area contributed by atoms with Gasteiger partial charge in [0.15, 0.2) is 12.2 Å². The SMILES string of the molecule is COc1cc(NC(=O)Nc2cccc(NC(=O)Cc3ccccc3)c2)ccc1-c1cnco1. The monoisotopic (exact) mass is 442 g/mol. The number of hydrogen-bond acceptors (Lipinski definition) is 5. The van der Waals surface area contributed by atoms with E-state index in [2.05, 4.69) is 20.9 Å². The van der Waals surface area contributed by atoms with Crippen molar-refractivity contribution in [2.24, 2.45) is 0 Å². The van der Waals surface area contributed by atoms with E-state index in [-0.39, 0.29) is 12.3 Å². The van der Waals surface area contributed by atoms with Crippen LogP contribution in [0.4, 0.5) is 21.9 Å². The van der Waals surface area contributed by atoms with Crippen molar-refractivity contribution >= 4 is 29.0 Å². The number of hydrogen-bond donors (Lipinski definition) is 3. The zero-order valence-corrected chi connectivity index (χ0v) is 17.9. The Labute approximate surface area is 190 Å². The van der Waals surface area contributed by atoms with Gasteiger partial charge in [0.1, 0.15) is 5.75 Å². The predicted octanol–water partition coefficient (Wildman–Crippen LogP) is 5.18. The number of ether oxygens (including phenoxy) is 1. The second-order valence-electron chi connectivity index (χ2n) is 7.15. The fraction of sp³-hybridized carbons (Fsp3) is 0.0800. The van der Waals surface area contributed by atoms with Crippen LogP contribution in [0.25, 0.3) is 11.3 Å². The molecule has 1 aromatic heterocycles. The molecular formula is C25H22N4O4. The molecule has 0 bridgehead atoms. The number of oxazole rings is 1. The van der Waals surface area contributed by atoms with E-state index in [1.807, 2.05) is 30.3 Å².